The van der Waals surface area contributed by atoms with E-state index in [2.05, 4.69) is 30.6 Å². The molecule has 3 aromatic carbocycles. The summed E-state index contributed by atoms with van der Waals surface area (Å²) in [6.07, 6.45) is 3.34. The van der Waals surface area contributed by atoms with Crippen molar-refractivity contribution in [2.24, 2.45) is 11.5 Å². The molecule has 3 aromatic heterocycles. The number of aromatic amines is 3. The Bertz CT molecular complexity index is 1830. The molecule has 0 radical (unpaired) electrons. The quantitative estimate of drug-likeness (QED) is 0.0980. The highest BCUT2D eigenvalue weighted by Crippen LogP contribution is 2.24. The number of benzene rings is 3. The van der Waals surface area contributed by atoms with Gasteiger partial charge in [-0.3, -0.25) is 20.1 Å². The Morgan fingerprint density at radius 1 is 0.771 bits per heavy atom. The number of H-pyrrole nitrogens is 3. The van der Waals surface area contributed by atoms with Crippen LogP contribution >= 0.6 is 0 Å². The minimum Gasteiger partial charge on any atom is -0.508 e. The highest BCUT2D eigenvalue weighted by atomic mass is 16.5. The van der Waals surface area contributed by atoms with Crippen LogP contribution in [0.4, 0.5) is 0 Å². The number of ether oxygens (including phenoxy) is 2. The molecule has 3 heterocycles. The molecular weight excluding hydrogens is 608 g/mol. The first-order chi connectivity index (χ1) is 23.2. The van der Waals surface area contributed by atoms with Crippen LogP contribution < -0.4 is 20.9 Å². The Balaban J connectivity index is 0.000000334. The first kappa shape index (κ1) is 40.7. The lowest BCUT2D eigenvalue weighted by Gasteiger charge is -2.02. The topological polar surface area (TPSA) is 194 Å². The van der Waals surface area contributed by atoms with E-state index in [-0.39, 0.29) is 11.8 Å². The zero-order valence-electron chi connectivity index (χ0n) is 29.8. The van der Waals surface area contributed by atoms with E-state index in [0.717, 1.165) is 74.0 Å². The van der Waals surface area contributed by atoms with Crippen molar-refractivity contribution in [1.29, 1.82) is 0 Å². The van der Waals surface area contributed by atoms with Gasteiger partial charge in [0.25, 0.3) is 0 Å². The lowest BCUT2D eigenvalue weighted by atomic mass is 10.1. The predicted octanol–water partition coefficient (Wildman–Crippen LogP) is 7.51. The van der Waals surface area contributed by atoms with E-state index in [0.29, 0.717) is 5.69 Å². The van der Waals surface area contributed by atoms with E-state index >= 15 is 0 Å². The summed E-state index contributed by atoms with van der Waals surface area (Å²) in [7, 11) is 3.23. The van der Waals surface area contributed by atoms with E-state index in [1.165, 1.54) is 0 Å². The predicted molar refractivity (Wildman–Crippen MR) is 198 cm³/mol. The van der Waals surface area contributed by atoms with Gasteiger partial charge >= 0.3 is 0 Å². The van der Waals surface area contributed by atoms with Gasteiger partial charge in [-0.2, -0.15) is 15.3 Å². The molecule has 1 atom stereocenters. The molecule has 0 aliphatic carbocycles. The Morgan fingerprint density at radius 2 is 1.23 bits per heavy atom. The summed E-state index contributed by atoms with van der Waals surface area (Å²) >= 11 is 0. The number of phenols is 1. The molecule has 6 rings (SSSR count). The lowest BCUT2D eigenvalue weighted by Crippen LogP contribution is -2.18. The summed E-state index contributed by atoms with van der Waals surface area (Å²) in [5, 5.41) is 32.8. The smallest absolute Gasteiger partial charge is 0.168 e. The Kier molecular flexibility index (Phi) is 18.2. The third kappa shape index (κ3) is 11.5. The Labute approximate surface area is 282 Å². The second-order valence-electron chi connectivity index (χ2n) is 9.63. The van der Waals surface area contributed by atoms with Gasteiger partial charge < -0.3 is 26.0 Å². The summed E-state index contributed by atoms with van der Waals surface area (Å²) in [4.78, 5) is 10.6. The molecule has 0 amide bonds. The summed E-state index contributed by atoms with van der Waals surface area (Å²) in [5.41, 5.74) is 17.0. The van der Waals surface area contributed by atoms with Gasteiger partial charge in [0, 0.05) is 40.0 Å². The molecule has 0 saturated heterocycles. The van der Waals surface area contributed by atoms with Crippen LogP contribution in [0.1, 0.15) is 77.3 Å². The average Bonchev–Trinajstić information content (AvgIpc) is 3.83. The highest BCUT2D eigenvalue weighted by Gasteiger charge is 2.08. The van der Waals surface area contributed by atoms with E-state index < -0.39 is 0 Å². The SMILES string of the molecule is CC.CC.CC.CC(N)Cc1[nH]nc2ccc(O)cc12.COc1ccc2n[nH]c(/C=C(/C)N)c2c1.COc1ccc2n[nH]c(C=O)c2c1. The van der Waals surface area contributed by atoms with Gasteiger partial charge in [0.15, 0.2) is 6.29 Å². The van der Waals surface area contributed by atoms with Crippen molar-refractivity contribution in [3.05, 3.63) is 77.4 Å². The number of aldehydes is 1. The number of carbonyl (C=O) groups excluding carboxylic acids is 1. The molecule has 48 heavy (non-hydrogen) atoms. The number of aromatic nitrogens is 6. The minimum absolute atomic E-state index is 0.0843. The number of nitrogens with one attached hydrogen (secondary N) is 3. The molecule has 260 valence electrons. The number of nitrogens with zero attached hydrogens (tertiary/aromatic N) is 3. The molecule has 8 N–H and O–H groups in total. The number of rotatable bonds is 6. The van der Waals surface area contributed by atoms with Crippen molar-refractivity contribution in [2.75, 3.05) is 14.2 Å². The first-order valence-electron chi connectivity index (χ1n) is 16.1. The maximum absolute atomic E-state index is 10.6. The number of allylic oxidation sites excluding steroid dienone is 1. The largest absolute Gasteiger partial charge is 0.508 e. The van der Waals surface area contributed by atoms with Crippen LogP contribution in [0.2, 0.25) is 0 Å². The maximum atomic E-state index is 10.6. The van der Waals surface area contributed by atoms with Gasteiger partial charge in [-0.1, -0.05) is 41.5 Å². The molecule has 6 aromatic rings. The lowest BCUT2D eigenvalue weighted by molar-refractivity contribution is 0.112. The van der Waals surface area contributed by atoms with Crippen LogP contribution in [0.25, 0.3) is 38.8 Å². The van der Waals surface area contributed by atoms with Crippen molar-refractivity contribution in [2.45, 2.75) is 67.9 Å². The van der Waals surface area contributed by atoms with Crippen molar-refractivity contribution >= 4 is 45.1 Å². The number of methoxy groups -OCH3 is 2. The number of aromatic hydroxyl groups is 1. The number of phenolic OH excluding ortho intramolecular Hbond substituents is 1. The third-order valence-corrected chi connectivity index (χ3v) is 6.21. The Hall–Kier alpha value is -5.36. The zero-order valence-corrected chi connectivity index (χ0v) is 29.8. The van der Waals surface area contributed by atoms with Gasteiger partial charge in [0.05, 0.1) is 36.5 Å². The molecule has 0 spiro atoms. The minimum atomic E-state index is 0.0843. The fraction of sp³-hybridized carbons (Fsp3) is 0.333. The van der Waals surface area contributed by atoms with E-state index in [9.17, 15) is 9.90 Å². The van der Waals surface area contributed by atoms with E-state index in [4.69, 9.17) is 20.9 Å². The van der Waals surface area contributed by atoms with Gasteiger partial charge in [-0.05, 0) is 74.5 Å². The maximum Gasteiger partial charge on any atom is 0.168 e. The van der Waals surface area contributed by atoms with Gasteiger partial charge in [-0.15, -0.1) is 0 Å². The number of carbonyl (C=O) groups is 1. The number of fused-ring (bicyclic) bond motifs is 3. The van der Waals surface area contributed by atoms with Crippen LogP contribution in [0.3, 0.4) is 0 Å². The number of hydrogen-bond donors (Lipinski definition) is 6. The molecule has 1 unspecified atom stereocenters. The van der Waals surface area contributed by atoms with E-state index in [1.54, 1.807) is 50.6 Å². The molecule has 12 heteroatoms. The van der Waals surface area contributed by atoms with Gasteiger partial charge in [0.1, 0.15) is 22.9 Å². The molecule has 0 bridgehead atoms. The van der Waals surface area contributed by atoms with E-state index in [1.807, 2.05) is 79.7 Å². The fourth-order valence-corrected chi connectivity index (χ4v) is 4.23. The highest BCUT2D eigenvalue weighted by molar-refractivity contribution is 5.95. The van der Waals surface area contributed by atoms with Crippen LogP contribution in [0.15, 0.2) is 60.3 Å². The normalized spacial score (nSPS) is 10.8. The van der Waals surface area contributed by atoms with Crippen molar-refractivity contribution in [3.8, 4) is 17.2 Å². The summed E-state index contributed by atoms with van der Waals surface area (Å²) < 4.78 is 10.2. The number of nitrogens with two attached hydrogens (primary N) is 2. The standard InChI is InChI=1S/C11H13N3O.C10H13N3O.C9H8N2O2.3C2H6/c1-7(12)5-11-9-6-8(15-2)3-4-10(9)13-14-11;1-6(11)4-10-8-5-7(14)2-3-9(8)12-13-10;1-13-6-2-3-8-7(4-6)9(5-12)11-10-8;3*1-2/h3-6H,12H2,1-2H3,(H,13,14);2-3,5-6,14H,4,11H2,1H3,(H,12,13);2-5H,1H3,(H,10,11);3*1-2H3/b7-5-;;;;;. The fourth-order valence-electron chi connectivity index (χ4n) is 4.23. The van der Waals surface area contributed by atoms with Crippen molar-refractivity contribution in [1.82, 2.24) is 30.6 Å². The molecule has 0 saturated carbocycles. The second kappa shape index (κ2) is 21.4. The summed E-state index contributed by atoms with van der Waals surface area (Å²) in [6, 6.07) is 16.3. The van der Waals surface area contributed by atoms with Crippen LogP contribution in [-0.4, -0.2) is 62.2 Å². The van der Waals surface area contributed by atoms with Crippen molar-refractivity contribution < 1.29 is 19.4 Å². The van der Waals surface area contributed by atoms with Crippen LogP contribution in [0, 0.1) is 0 Å². The molecular formula is C36H52N8O4. The van der Waals surface area contributed by atoms with Crippen LogP contribution in [0.5, 0.6) is 17.2 Å². The summed E-state index contributed by atoms with van der Waals surface area (Å²) in [6.45, 7) is 15.8. The Morgan fingerprint density at radius 3 is 1.71 bits per heavy atom. The average molecular weight is 661 g/mol. The van der Waals surface area contributed by atoms with Crippen LogP contribution in [-0.2, 0) is 6.42 Å². The third-order valence-electron chi connectivity index (χ3n) is 6.21. The summed E-state index contributed by atoms with van der Waals surface area (Å²) in [5.74, 6) is 1.79. The second-order valence-corrected chi connectivity index (χ2v) is 9.63. The molecule has 0 aliphatic heterocycles. The zero-order chi connectivity index (χ0) is 36.2. The monoisotopic (exact) mass is 660 g/mol. The molecule has 0 aliphatic rings. The van der Waals surface area contributed by atoms with Gasteiger partial charge in [-0.25, -0.2) is 0 Å². The van der Waals surface area contributed by atoms with Gasteiger partial charge in [0.2, 0.25) is 0 Å². The molecule has 12 nitrogen and oxygen atoms in total. The van der Waals surface area contributed by atoms with Crippen molar-refractivity contribution in [3.63, 3.8) is 0 Å². The number of hydrogen-bond acceptors (Lipinski definition) is 9. The first-order valence-corrected chi connectivity index (χ1v) is 16.1. The molecule has 0 fully saturated rings.